The summed E-state index contributed by atoms with van der Waals surface area (Å²) in [5.74, 6) is -1.46. The van der Waals surface area contributed by atoms with Crippen LogP contribution in [-0.2, 0) is 37.3 Å². The summed E-state index contributed by atoms with van der Waals surface area (Å²) in [5, 5.41) is 13.7. The first kappa shape index (κ1) is 37.6. The standard InChI is InChI=1S/C38H48Cl2N4O7/c1-4-49-34-20-43(21-35(34)50-5-2)25-16-26(22-51-27-12-10-23(11-13-27)38(47)48)44(18-25)36(45)15-24-14-31(40)32(17-30(24)39)41-37(46)29-19-42(3)33-9-7-6-8-28(29)33/h6-9,14,17,19,23,25-27,34-35H,4-5,10-13,15-16,18,20-22H2,1-3H3,(H,41,46)(H,47,48)/t23?,25-,26-,27?,34-,35+/m0/s1. The number of nitrogens with one attached hydrogen (secondary N) is 1. The van der Waals surface area contributed by atoms with Crippen LogP contribution in [0, 0.1) is 5.92 Å². The minimum atomic E-state index is -0.746. The van der Waals surface area contributed by atoms with Crippen molar-refractivity contribution >= 4 is 57.6 Å². The van der Waals surface area contributed by atoms with Crippen molar-refractivity contribution in [2.24, 2.45) is 13.0 Å². The molecule has 51 heavy (non-hydrogen) atoms. The van der Waals surface area contributed by atoms with Crippen molar-refractivity contribution in [1.29, 1.82) is 0 Å². The third kappa shape index (κ3) is 8.56. The number of aryl methyl sites for hydroxylation is 1. The lowest BCUT2D eigenvalue weighted by Gasteiger charge is -2.30. The largest absolute Gasteiger partial charge is 0.481 e. The summed E-state index contributed by atoms with van der Waals surface area (Å²) >= 11 is 13.4. The molecule has 1 saturated carbocycles. The van der Waals surface area contributed by atoms with Crippen LogP contribution in [0.15, 0.2) is 42.6 Å². The Morgan fingerprint density at radius 1 is 0.922 bits per heavy atom. The van der Waals surface area contributed by atoms with Gasteiger partial charge in [-0.25, -0.2) is 0 Å². The molecule has 2 saturated heterocycles. The van der Waals surface area contributed by atoms with Gasteiger partial charge in [0.2, 0.25) is 5.91 Å². The average Bonchev–Trinajstić information content (AvgIpc) is 3.82. The summed E-state index contributed by atoms with van der Waals surface area (Å²) in [6.45, 7) is 7.54. The van der Waals surface area contributed by atoms with E-state index < -0.39 is 5.97 Å². The van der Waals surface area contributed by atoms with Gasteiger partial charge in [-0.3, -0.25) is 19.3 Å². The molecule has 3 fully saturated rings. The van der Waals surface area contributed by atoms with Crippen LogP contribution in [0.1, 0.15) is 61.9 Å². The van der Waals surface area contributed by atoms with E-state index in [1.165, 1.54) is 0 Å². The smallest absolute Gasteiger partial charge is 0.306 e. The van der Waals surface area contributed by atoms with Crippen molar-refractivity contribution in [2.75, 3.05) is 44.8 Å². The molecule has 276 valence electrons. The number of carbonyl (C=O) groups excluding carboxylic acids is 2. The number of para-hydroxylation sites is 1. The second-order valence-electron chi connectivity index (χ2n) is 13.9. The topological polar surface area (TPSA) is 123 Å². The number of amides is 2. The van der Waals surface area contributed by atoms with Crippen molar-refractivity contribution in [3.05, 3.63) is 63.8 Å². The summed E-state index contributed by atoms with van der Waals surface area (Å²) in [5.41, 5.74) is 2.39. The first-order chi connectivity index (χ1) is 24.6. The number of anilines is 1. The van der Waals surface area contributed by atoms with E-state index in [1.807, 2.05) is 54.6 Å². The van der Waals surface area contributed by atoms with E-state index in [1.54, 1.807) is 18.3 Å². The average molecular weight is 744 g/mol. The predicted octanol–water partition coefficient (Wildman–Crippen LogP) is 6.04. The third-order valence-electron chi connectivity index (χ3n) is 10.6. The Kier molecular flexibility index (Phi) is 12.3. The van der Waals surface area contributed by atoms with Gasteiger partial charge < -0.3 is 34.1 Å². The molecule has 2 aromatic carbocycles. The summed E-state index contributed by atoms with van der Waals surface area (Å²) in [7, 11) is 1.89. The normalized spacial score (nSPS) is 25.5. The van der Waals surface area contributed by atoms with Gasteiger partial charge in [-0.1, -0.05) is 41.4 Å². The zero-order valence-corrected chi connectivity index (χ0v) is 31.0. The molecule has 0 bridgehead atoms. The summed E-state index contributed by atoms with van der Waals surface area (Å²) in [6, 6.07) is 10.9. The molecule has 0 spiro atoms. The van der Waals surface area contributed by atoms with Gasteiger partial charge in [-0.15, -0.1) is 0 Å². The first-order valence-corrected chi connectivity index (χ1v) is 18.8. The maximum atomic E-state index is 14.1. The van der Waals surface area contributed by atoms with Crippen LogP contribution in [0.2, 0.25) is 10.0 Å². The van der Waals surface area contributed by atoms with E-state index >= 15 is 0 Å². The number of halogens is 2. The number of aliphatic carboxylic acids is 1. The van der Waals surface area contributed by atoms with E-state index in [-0.39, 0.29) is 59.6 Å². The van der Waals surface area contributed by atoms with E-state index in [0.717, 1.165) is 30.4 Å². The van der Waals surface area contributed by atoms with Crippen molar-refractivity contribution in [2.45, 2.75) is 82.8 Å². The number of rotatable bonds is 13. The number of nitrogens with zero attached hydrogens (tertiary/aromatic N) is 3. The zero-order chi connectivity index (χ0) is 36.2. The minimum Gasteiger partial charge on any atom is -0.481 e. The van der Waals surface area contributed by atoms with Crippen LogP contribution >= 0.6 is 23.2 Å². The molecule has 2 amide bonds. The molecule has 11 nitrogen and oxygen atoms in total. The highest BCUT2D eigenvalue weighted by molar-refractivity contribution is 6.36. The second kappa shape index (κ2) is 16.7. The molecule has 3 aliphatic rings. The zero-order valence-electron chi connectivity index (χ0n) is 29.5. The monoisotopic (exact) mass is 742 g/mol. The molecule has 3 heterocycles. The molecule has 0 unspecified atom stereocenters. The second-order valence-corrected chi connectivity index (χ2v) is 14.7. The molecular weight excluding hydrogens is 695 g/mol. The molecule has 6 rings (SSSR count). The summed E-state index contributed by atoms with van der Waals surface area (Å²) < 4.78 is 20.3. The summed E-state index contributed by atoms with van der Waals surface area (Å²) in [6.07, 6.45) is 5.04. The number of ether oxygens (including phenoxy) is 3. The van der Waals surface area contributed by atoms with Crippen LogP contribution in [0.25, 0.3) is 10.9 Å². The molecular formula is C38H48Cl2N4O7. The number of carbonyl (C=O) groups is 3. The van der Waals surface area contributed by atoms with Crippen molar-refractivity contribution in [1.82, 2.24) is 14.4 Å². The number of hydrogen-bond donors (Lipinski definition) is 2. The van der Waals surface area contributed by atoms with Gasteiger partial charge in [0.25, 0.3) is 5.91 Å². The maximum Gasteiger partial charge on any atom is 0.306 e. The Bertz CT molecular complexity index is 1710. The van der Waals surface area contributed by atoms with Crippen LogP contribution < -0.4 is 5.32 Å². The Morgan fingerprint density at radius 3 is 2.27 bits per heavy atom. The molecule has 4 atom stereocenters. The Balaban J connectivity index is 1.15. The van der Waals surface area contributed by atoms with Gasteiger partial charge >= 0.3 is 5.97 Å². The SMILES string of the molecule is CCO[C@H]1CN([C@H]2C[C@@H](COC3CCC(C(=O)O)CC3)N(C(=O)Cc3cc(Cl)c(NC(=O)c4cn(C)c5ccccc45)cc3Cl)C2)C[C@H]1OCC. The van der Waals surface area contributed by atoms with Gasteiger partial charge in [0, 0.05) is 68.1 Å². The van der Waals surface area contributed by atoms with Gasteiger partial charge in [-0.2, -0.15) is 0 Å². The van der Waals surface area contributed by atoms with Crippen LogP contribution in [0.4, 0.5) is 5.69 Å². The fraction of sp³-hybridized carbons (Fsp3) is 0.553. The number of carboxylic acid groups (broad SMARTS) is 1. The predicted molar refractivity (Wildman–Crippen MR) is 197 cm³/mol. The Morgan fingerprint density at radius 2 is 1.61 bits per heavy atom. The molecule has 0 radical (unpaired) electrons. The highest BCUT2D eigenvalue weighted by Gasteiger charge is 2.44. The van der Waals surface area contributed by atoms with Crippen molar-refractivity contribution < 1.29 is 33.7 Å². The minimum absolute atomic E-state index is 0.0283. The molecule has 2 aliphatic heterocycles. The Labute approximate surface area is 309 Å². The van der Waals surface area contributed by atoms with Gasteiger partial charge in [-0.05, 0) is 69.7 Å². The number of carboxylic acids is 1. The van der Waals surface area contributed by atoms with Crippen LogP contribution in [0.5, 0.6) is 0 Å². The molecule has 1 aromatic heterocycles. The van der Waals surface area contributed by atoms with Gasteiger partial charge in [0.1, 0.15) is 0 Å². The lowest BCUT2D eigenvalue weighted by molar-refractivity contribution is -0.144. The number of aromatic nitrogens is 1. The lowest BCUT2D eigenvalue weighted by atomic mass is 9.87. The number of likely N-dealkylation sites (tertiary alicyclic amines) is 2. The number of benzene rings is 2. The fourth-order valence-electron chi connectivity index (χ4n) is 7.96. The third-order valence-corrected chi connectivity index (χ3v) is 11.3. The molecule has 1 aliphatic carbocycles. The number of fused-ring (bicyclic) bond motifs is 1. The Hall–Kier alpha value is -3.19. The maximum absolute atomic E-state index is 14.1. The summed E-state index contributed by atoms with van der Waals surface area (Å²) in [4.78, 5) is 43.1. The van der Waals surface area contributed by atoms with Gasteiger partial charge in [0.15, 0.2) is 0 Å². The number of hydrogen-bond acceptors (Lipinski definition) is 7. The van der Waals surface area contributed by atoms with Gasteiger partial charge in [0.05, 0.1) is 59.6 Å². The molecule has 13 heteroatoms. The van der Waals surface area contributed by atoms with E-state index in [0.29, 0.717) is 73.9 Å². The van der Waals surface area contributed by atoms with E-state index in [4.69, 9.17) is 37.4 Å². The lowest BCUT2D eigenvalue weighted by Crippen LogP contribution is -2.41. The highest BCUT2D eigenvalue weighted by Crippen LogP contribution is 2.34. The molecule has 2 N–H and O–H groups in total. The van der Waals surface area contributed by atoms with Crippen LogP contribution in [0.3, 0.4) is 0 Å². The fourth-order valence-corrected chi connectivity index (χ4v) is 8.42. The van der Waals surface area contributed by atoms with Crippen LogP contribution in [-0.4, -0.2) is 107 Å². The van der Waals surface area contributed by atoms with Crippen molar-refractivity contribution in [3.8, 4) is 0 Å². The van der Waals surface area contributed by atoms with E-state index in [9.17, 15) is 19.5 Å². The highest BCUT2D eigenvalue weighted by atomic mass is 35.5. The van der Waals surface area contributed by atoms with E-state index in [2.05, 4.69) is 10.2 Å². The first-order valence-electron chi connectivity index (χ1n) is 18.0. The quantitative estimate of drug-likeness (QED) is 0.218. The molecule has 3 aromatic rings. The van der Waals surface area contributed by atoms with Crippen molar-refractivity contribution in [3.63, 3.8) is 0 Å².